The Morgan fingerprint density at radius 1 is 1.04 bits per heavy atom. The standard InChI is InChI=1S/C20H13FN4OS/c1-12-16-11-17(27-20(16)25(23-12)15-5-3-2-4-6-15)18-22-19(26-24-18)13-7-9-14(21)10-8-13/h2-11H,1H3. The van der Waals surface area contributed by atoms with Gasteiger partial charge in [0.15, 0.2) is 0 Å². The number of halogens is 1. The third-order valence-electron chi connectivity index (χ3n) is 4.28. The molecule has 0 N–H and O–H groups in total. The van der Waals surface area contributed by atoms with Gasteiger partial charge in [-0.3, -0.25) is 0 Å². The van der Waals surface area contributed by atoms with Crippen molar-refractivity contribution in [1.29, 1.82) is 0 Å². The Morgan fingerprint density at radius 3 is 2.59 bits per heavy atom. The maximum absolute atomic E-state index is 13.1. The predicted molar refractivity (Wildman–Crippen MR) is 102 cm³/mol. The first-order valence-electron chi connectivity index (χ1n) is 8.33. The van der Waals surface area contributed by atoms with Crippen LogP contribution < -0.4 is 0 Å². The fraction of sp³-hybridized carbons (Fsp3) is 0.0500. The van der Waals surface area contributed by atoms with Crippen molar-refractivity contribution < 1.29 is 8.91 Å². The van der Waals surface area contributed by atoms with Gasteiger partial charge in [0, 0.05) is 10.9 Å². The lowest BCUT2D eigenvalue weighted by Crippen LogP contribution is -1.94. The number of thiophene rings is 1. The Hall–Kier alpha value is -3.32. The van der Waals surface area contributed by atoms with Crippen LogP contribution >= 0.6 is 11.3 Å². The van der Waals surface area contributed by atoms with Crippen LogP contribution in [-0.4, -0.2) is 19.9 Å². The number of hydrogen-bond donors (Lipinski definition) is 0. The quantitative estimate of drug-likeness (QED) is 0.431. The van der Waals surface area contributed by atoms with Crippen molar-refractivity contribution in [3.05, 3.63) is 72.2 Å². The van der Waals surface area contributed by atoms with Crippen LogP contribution in [-0.2, 0) is 0 Å². The number of para-hydroxylation sites is 1. The van der Waals surface area contributed by atoms with Crippen LogP contribution in [0.5, 0.6) is 0 Å². The second-order valence-electron chi connectivity index (χ2n) is 6.09. The van der Waals surface area contributed by atoms with Gasteiger partial charge in [0.05, 0.1) is 16.3 Å². The highest BCUT2D eigenvalue weighted by atomic mass is 32.1. The molecule has 7 heteroatoms. The molecule has 0 radical (unpaired) electrons. The fourth-order valence-corrected chi connectivity index (χ4v) is 4.04. The molecule has 0 spiro atoms. The van der Waals surface area contributed by atoms with E-state index < -0.39 is 0 Å². The normalized spacial score (nSPS) is 11.3. The van der Waals surface area contributed by atoms with Crippen LogP contribution in [0.2, 0.25) is 0 Å². The third-order valence-corrected chi connectivity index (χ3v) is 5.39. The molecule has 0 unspecified atom stereocenters. The highest BCUT2D eigenvalue weighted by Crippen LogP contribution is 2.35. The average molecular weight is 376 g/mol. The molecule has 5 nitrogen and oxygen atoms in total. The summed E-state index contributed by atoms with van der Waals surface area (Å²) >= 11 is 1.56. The average Bonchev–Trinajstić information content (AvgIpc) is 3.40. The number of benzene rings is 2. The summed E-state index contributed by atoms with van der Waals surface area (Å²) < 4.78 is 20.4. The minimum absolute atomic E-state index is 0.302. The molecule has 5 aromatic rings. The fourth-order valence-electron chi connectivity index (χ4n) is 2.93. The second-order valence-corrected chi connectivity index (χ2v) is 7.12. The van der Waals surface area contributed by atoms with Crippen molar-refractivity contribution >= 4 is 21.6 Å². The molecule has 132 valence electrons. The first-order chi connectivity index (χ1) is 13.2. The van der Waals surface area contributed by atoms with E-state index in [9.17, 15) is 4.39 Å². The number of hydrogen-bond acceptors (Lipinski definition) is 5. The molecule has 0 fully saturated rings. The van der Waals surface area contributed by atoms with Crippen LogP contribution in [0.1, 0.15) is 5.69 Å². The van der Waals surface area contributed by atoms with Crippen molar-refractivity contribution in [2.45, 2.75) is 6.92 Å². The lowest BCUT2D eigenvalue weighted by atomic mass is 10.2. The molecule has 3 heterocycles. The maximum Gasteiger partial charge on any atom is 0.258 e. The number of nitrogens with zero attached hydrogens (tertiary/aromatic N) is 4. The summed E-state index contributed by atoms with van der Waals surface area (Å²) in [5.41, 5.74) is 2.63. The van der Waals surface area contributed by atoms with Gasteiger partial charge in [-0.15, -0.1) is 11.3 Å². The first-order valence-corrected chi connectivity index (χ1v) is 9.15. The van der Waals surface area contributed by atoms with Crippen molar-refractivity contribution in [1.82, 2.24) is 19.9 Å². The largest absolute Gasteiger partial charge is 0.334 e. The Morgan fingerprint density at radius 2 is 1.81 bits per heavy atom. The zero-order valence-corrected chi connectivity index (χ0v) is 15.1. The number of aromatic nitrogens is 4. The molecule has 0 atom stereocenters. The second kappa shape index (κ2) is 6.14. The number of aryl methyl sites for hydroxylation is 1. The highest BCUT2D eigenvalue weighted by molar-refractivity contribution is 7.21. The minimum Gasteiger partial charge on any atom is -0.334 e. The zero-order chi connectivity index (χ0) is 18.4. The van der Waals surface area contributed by atoms with Gasteiger partial charge >= 0.3 is 0 Å². The topological polar surface area (TPSA) is 56.7 Å². The molecule has 0 bridgehead atoms. The lowest BCUT2D eigenvalue weighted by molar-refractivity contribution is 0.432. The van der Waals surface area contributed by atoms with Crippen molar-refractivity contribution in [3.8, 4) is 27.8 Å². The Bertz CT molecular complexity index is 1240. The Balaban J connectivity index is 1.57. The summed E-state index contributed by atoms with van der Waals surface area (Å²) in [6, 6.07) is 18.0. The van der Waals surface area contributed by atoms with Gasteiger partial charge in [0.25, 0.3) is 5.89 Å². The molecular weight excluding hydrogens is 363 g/mol. The Labute approximate surface area is 157 Å². The molecular formula is C20H13FN4OS. The van der Waals surface area contributed by atoms with Gasteiger partial charge in [0.2, 0.25) is 5.82 Å². The van der Waals surface area contributed by atoms with Gasteiger partial charge in [-0.25, -0.2) is 9.07 Å². The molecule has 27 heavy (non-hydrogen) atoms. The van der Waals surface area contributed by atoms with E-state index in [1.54, 1.807) is 23.5 Å². The van der Waals surface area contributed by atoms with E-state index in [4.69, 9.17) is 4.52 Å². The zero-order valence-electron chi connectivity index (χ0n) is 14.3. The molecule has 5 rings (SSSR count). The van der Waals surface area contributed by atoms with Crippen LogP contribution in [0.25, 0.3) is 38.1 Å². The van der Waals surface area contributed by atoms with Crippen molar-refractivity contribution in [2.75, 3.05) is 0 Å². The van der Waals surface area contributed by atoms with Gasteiger partial charge < -0.3 is 4.52 Å². The molecule has 0 saturated carbocycles. The highest BCUT2D eigenvalue weighted by Gasteiger charge is 2.18. The monoisotopic (exact) mass is 376 g/mol. The molecule has 0 saturated heterocycles. The van der Waals surface area contributed by atoms with E-state index in [0.29, 0.717) is 17.3 Å². The summed E-state index contributed by atoms with van der Waals surface area (Å²) in [7, 11) is 0. The summed E-state index contributed by atoms with van der Waals surface area (Å²) in [5, 5.41) is 9.80. The Kier molecular flexibility index (Phi) is 3.61. The molecule has 0 aliphatic rings. The van der Waals surface area contributed by atoms with E-state index in [1.807, 2.05) is 48.0 Å². The van der Waals surface area contributed by atoms with E-state index in [-0.39, 0.29) is 5.82 Å². The van der Waals surface area contributed by atoms with Crippen molar-refractivity contribution in [3.63, 3.8) is 0 Å². The molecule has 2 aromatic carbocycles. The smallest absolute Gasteiger partial charge is 0.258 e. The third kappa shape index (κ3) is 2.72. The van der Waals surface area contributed by atoms with E-state index in [1.165, 1.54) is 12.1 Å². The summed E-state index contributed by atoms with van der Waals surface area (Å²) in [5.74, 6) is 0.572. The summed E-state index contributed by atoms with van der Waals surface area (Å²) in [6.07, 6.45) is 0. The van der Waals surface area contributed by atoms with Crippen LogP contribution in [0, 0.1) is 12.7 Å². The van der Waals surface area contributed by atoms with E-state index in [2.05, 4.69) is 15.2 Å². The molecule has 0 aliphatic carbocycles. The van der Waals surface area contributed by atoms with Crippen LogP contribution in [0.4, 0.5) is 4.39 Å². The van der Waals surface area contributed by atoms with Gasteiger partial charge in [-0.05, 0) is 49.4 Å². The van der Waals surface area contributed by atoms with Crippen LogP contribution in [0.15, 0.2) is 65.2 Å². The van der Waals surface area contributed by atoms with E-state index >= 15 is 0 Å². The molecule has 0 aliphatic heterocycles. The van der Waals surface area contributed by atoms with Gasteiger partial charge in [0.1, 0.15) is 10.6 Å². The lowest BCUT2D eigenvalue weighted by Gasteiger charge is -2.00. The maximum atomic E-state index is 13.1. The van der Waals surface area contributed by atoms with Gasteiger partial charge in [-0.2, -0.15) is 10.1 Å². The van der Waals surface area contributed by atoms with Gasteiger partial charge in [-0.1, -0.05) is 23.4 Å². The first kappa shape index (κ1) is 15.9. The van der Waals surface area contributed by atoms with E-state index in [0.717, 1.165) is 26.5 Å². The number of fused-ring (bicyclic) bond motifs is 1. The van der Waals surface area contributed by atoms with Crippen LogP contribution in [0.3, 0.4) is 0 Å². The minimum atomic E-state index is -0.302. The molecule has 3 aromatic heterocycles. The predicted octanol–water partition coefficient (Wildman–Crippen LogP) is 5.25. The molecule has 0 amide bonds. The SMILES string of the molecule is Cc1nn(-c2ccccc2)c2sc(-c3noc(-c4ccc(F)cc4)n3)cc12. The number of rotatable bonds is 3. The van der Waals surface area contributed by atoms with Crippen molar-refractivity contribution in [2.24, 2.45) is 0 Å². The summed E-state index contributed by atoms with van der Waals surface area (Å²) in [6.45, 7) is 1.98. The summed E-state index contributed by atoms with van der Waals surface area (Å²) in [4.78, 5) is 6.39.